The molecular formula is C12H18O5. The zero-order chi connectivity index (χ0) is 12.6. The Bertz CT molecular complexity index is 362. The summed E-state index contributed by atoms with van der Waals surface area (Å²) in [5.74, 6) is -0.659. The number of rotatable bonds is 3. The summed E-state index contributed by atoms with van der Waals surface area (Å²) in [5, 5.41) is 0. The molecule has 0 aromatic heterocycles. The van der Waals surface area contributed by atoms with E-state index in [2.05, 4.69) is 0 Å². The van der Waals surface area contributed by atoms with Crippen LogP contribution in [0.3, 0.4) is 0 Å². The predicted octanol–water partition coefficient (Wildman–Crippen LogP) is 1.09. The normalized spacial score (nSPS) is 37.1. The van der Waals surface area contributed by atoms with Crippen LogP contribution in [0.4, 0.5) is 0 Å². The van der Waals surface area contributed by atoms with Crippen molar-refractivity contribution in [1.29, 1.82) is 0 Å². The number of ether oxygens (including phenoxy) is 4. The fourth-order valence-corrected chi connectivity index (χ4v) is 2.84. The minimum Gasteiger partial charge on any atom is -0.492 e. The van der Waals surface area contributed by atoms with Crippen LogP contribution in [0.2, 0.25) is 0 Å². The lowest BCUT2D eigenvalue weighted by Crippen LogP contribution is -2.50. The lowest BCUT2D eigenvalue weighted by atomic mass is 9.76. The molecule has 1 aliphatic heterocycles. The number of methoxy groups -OCH3 is 3. The van der Waals surface area contributed by atoms with Crippen LogP contribution in [0.15, 0.2) is 11.5 Å². The first-order valence-electron chi connectivity index (χ1n) is 5.68. The molecule has 0 radical (unpaired) electrons. The van der Waals surface area contributed by atoms with E-state index in [1.54, 1.807) is 7.11 Å². The van der Waals surface area contributed by atoms with Crippen LogP contribution in [0.25, 0.3) is 0 Å². The first kappa shape index (κ1) is 12.4. The Morgan fingerprint density at radius 1 is 1.29 bits per heavy atom. The van der Waals surface area contributed by atoms with Crippen molar-refractivity contribution in [3.63, 3.8) is 0 Å². The van der Waals surface area contributed by atoms with Crippen molar-refractivity contribution < 1.29 is 23.7 Å². The van der Waals surface area contributed by atoms with Crippen molar-refractivity contribution in [2.75, 3.05) is 27.9 Å². The summed E-state index contributed by atoms with van der Waals surface area (Å²) in [6, 6.07) is 0. The van der Waals surface area contributed by atoms with Gasteiger partial charge in [-0.05, 0) is 6.42 Å². The Balaban J connectivity index is 2.58. The molecule has 5 heteroatoms. The number of Topliss-reactive ketones (excluding diaryl/α,β-unsaturated/α-hetero) is 1. The Kier molecular flexibility index (Phi) is 3.14. The number of hydrogen-bond donors (Lipinski definition) is 0. The van der Waals surface area contributed by atoms with Gasteiger partial charge in [-0.3, -0.25) is 4.79 Å². The molecule has 1 saturated heterocycles. The third kappa shape index (κ3) is 1.49. The van der Waals surface area contributed by atoms with Gasteiger partial charge in [0.15, 0.2) is 0 Å². The quantitative estimate of drug-likeness (QED) is 0.741. The summed E-state index contributed by atoms with van der Waals surface area (Å²) in [5.41, 5.74) is 0. The first-order chi connectivity index (χ1) is 8.12. The van der Waals surface area contributed by atoms with Gasteiger partial charge in [-0.1, -0.05) is 6.92 Å². The molecule has 5 nitrogen and oxygen atoms in total. The molecule has 17 heavy (non-hydrogen) atoms. The summed E-state index contributed by atoms with van der Waals surface area (Å²) < 4.78 is 21.7. The van der Waals surface area contributed by atoms with E-state index in [0.717, 1.165) is 6.42 Å². The Morgan fingerprint density at radius 2 is 2.00 bits per heavy atom. The minimum atomic E-state index is -0.965. The van der Waals surface area contributed by atoms with Gasteiger partial charge in [-0.25, -0.2) is 0 Å². The number of fused-ring (bicyclic) bond motifs is 1. The van der Waals surface area contributed by atoms with E-state index in [4.69, 9.17) is 18.9 Å². The van der Waals surface area contributed by atoms with Gasteiger partial charge in [0, 0.05) is 18.9 Å². The zero-order valence-corrected chi connectivity index (χ0v) is 10.6. The van der Waals surface area contributed by atoms with Crippen molar-refractivity contribution in [3.8, 4) is 0 Å². The molecule has 96 valence electrons. The smallest absolute Gasteiger partial charge is 0.235 e. The highest BCUT2D eigenvalue weighted by atomic mass is 16.7. The standard InChI is InChI=1S/C12H18O5/c1-7-8-5-6-17-12(8,16-4)11(15-3)10(14-2)9(7)13/h7-8H,5-6H2,1-4H3. The summed E-state index contributed by atoms with van der Waals surface area (Å²) in [6.45, 7) is 2.43. The van der Waals surface area contributed by atoms with E-state index < -0.39 is 5.79 Å². The highest BCUT2D eigenvalue weighted by Crippen LogP contribution is 2.48. The second-order valence-corrected chi connectivity index (χ2v) is 4.33. The number of ketones is 1. The van der Waals surface area contributed by atoms with Crippen molar-refractivity contribution in [2.45, 2.75) is 19.1 Å². The molecule has 3 unspecified atom stereocenters. The van der Waals surface area contributed by atoms with Crippen LogP contribution in [0.5, 0.6) is 0 Å². The largest absolute Gasteiger partial charge is 0.492 e. The van der Waals surface area contributed by atoms with Crippen molar-refractivity contribution >= 4 is 5.78 Å². The summed E-state index contributed by atoms with van der Waals surface area (Å²) in [7, 11) is 4.52. The fraction of sp³-hybridized carbons (Fsp3) is 0.750. The summed E-state index contributed by atoms with van der Waals surface area (Å²) in [4.78, 5) is 12.2. The number of allylic oxidation sites excluding steroid dienone is 1. The average molecular weight is 242 g/mol. The molecule has 1 heterocycles. The van der Waals surface area contributed by atoms with Crippen LogP contribution >= 0.6 is 0 Å². The molecule has 0 aromatic carbocycles. The summed E-state index contributed by atoms with van der Waals surface area (Å²) in [6.07, 6.45) is 0.782. The van der Waals surface area contributed by atoms with E-state index in [0.29, 0.717) is 12.4 Å². The molecule has 1 fully saturated rings. The maximum atomic E-state index is 12.2. The Hall–Kier alpha value is -1.07. The van der Waals surface area contributed by atoms with Gasteiger partial charge < -0.3 is 18.9 Å². The highest BCUT2D eigenvalue weighted by Gasteiger charge is 2.58. The van der Waals surface area contributed by atoms with Crippen molar-refractivity contribution in [1.82, 2.24) is 0 Å². The van der Waals surface area contributed by atoms with Gasteiger partial charge in [-0.15, -0.1) is 0 Å². The molecule has 3 atom stereocenters. The van der Waals surface area contributed by atoms with E-state index in [1.165, 1.54) is 14.2 Å². The molecule has 0 spiro atoms. The maximum absolute atomic E-state index is 12.2. The van der Waals surface area contributed by atoms with Crippen LogP contribution in [-0.2, 0) is 23.7 Å². The predicted molar refractivity (Wildman–Crippen MR) is 59.0 cm³/mol. The lowest BCUT2D eigenvalue weighted by molar-refractivity contribution is -0.223. The van der Waals surface area contributed by atoms with Crippen LogP contribution < -0.4 is 0 Å². The van der Waals surface area contributed by atoms with Gasteiger partial charge in [0.25, 0.3) is 0 Å². The number of hydrogen-bond acceptors (Lipinski definition) is 5. The topological polar surface area (TPSA) is 54.0 Å². The van der Waals surface area contributed by atoms with Gasteiger partial charge in [0.05, 0.1) is 20.8 Å². The molecule has 2 aliphatic rings. The molecule has 1 aliphatic carbocycles. The van der Waals surface area contributed by atoms with Crippen LogP contribution in [0, 0.1) is 11.8 Å². The molecule has 0 saturated carbocycles. The molecule has 0 amide bonds. The van der Waals surface area contributed by atoms with Gasteiger partial charge in [0.2, 0.25) is 23.1 Å². The molecule has 2 rings (SSSR count). The SMILES string of the molecule is COC1=C(OC)C2(OC)OCCC2C(C)C1=O. The third-order valence-corrected chi connectivity index (χ3v) is 3.71. The lowest BCUT2D eigenvalue weighted by Gasteiger charge is -2.40. The molecule has 0 N–H and O–H groups in total. The number of carbonyl (C=O) groups excluding carboxylic acids is 1. The minimum absolute atomic E-state index is 0.0196. The Labute approximate surface area is 101 Å². The summed E-state index contributed by atoms with van der Waals surface area (Å²) >= 11 is 0. The molecule has 0 aromatic rings. The van der Waals surface area contributed by atoms with Crippen LogP contribution in [0.1, 0.15) is 13.3 Å². The van der Waals surface area contributed by atoms with Gasteiger partial charge in [-0.2, -0.15) is 0 Å². The highest BCUT2D eigenvalue weighted by molar-refractivity contribution is 5.97. The fourth-order valence-electron chi connectivity index (χ4n) is 2.84. The number of carbonyl (C=O) groups is 1. The van der Waals surface area contributed by atoms with Crippen LogP contribution in [-0.4, -0.2) is 39.5 Å². The van der Waals surface area contributed by atoms with E-state index >= 15 is 0 Å². The molecular weight excluding hydrogens is 224 g/mol. The van der Waals surface area contributed by atoms with Gasteiger partial charge in [0.1, 0.15) is 0 Å². The first-order valence-corrected chi connectivity index (χ1v) is 5.68. The van der Waals surface area contributed by atoms with Gasteiger partial charge >= 0.3 is 0 Å². The Morgan fingerprint density at radius 3 is 2.53 bits per heavy atom. The van der Waals surface area contributed by atoms with Crippen molar-refractivity contribution in [3.05, 3.63) is 11.5 Å². The van der Waals surface area contributed by atoms with E-state index in [9.17, 15) is 4.79 Å². The zero-order valence-electron chi connectivity index (χ0n) is 10.6. The molecule has 0 bridgehead atoms. The third-order valence-electron chi connectivity index (χ3n) is 3.71. The average Bonchev–Trinajstić information content (AvgIpc) is 2.78. The van der Waals surface area contributed by atoms with E-state index in [1.807, 2.05) is 6.92 Å². The second kappa shape index (κ2) is 4.31. The second-order valence-electron chi connectivity index (χ2n) is 4.33. The monoisotopic (exact) mass is 242 g/mol. The van der Waals surface area contributed by atoms with E-state index in [-0.39, 0.29) is 23.4 Å². The maximum Gasteiger partial charge on any atom is 0.235 e. The van der Waals surface area contributed by atoms with Crippen molar-refractivity contribution in [2.24, 2.45) is 11.8 Å².